The van der Waals surface area contributed by atoms with Crippen molar-refractivity contribution in [2.45, 2.75) is 31.7 Å². The van der Waals surface area contributed by atoms with Crippen LogP contribution in [0.3, 0.4) is 0 Å². The molecule has 3 aliphatic rings. The number of aryl methyl sites for hydroxylation is 1. The van der Waals surface area contributed by atoms with E-state index in [2.05, 4.69) is 53.3 Å². The first kappa shape index (κ1) is 31.5. The third kappa shape index (κ3) is 6.51. The molecular formula is C34H37FN10O3. The number of benzene rings is 2. The number of aromatic nitrogens is 5. The van der Waals surface area contributed by atoms with E-state index >= 15 is 4.39 Å². The number of likely N-dealkylation sites (tertiary alicyclic amines) is 1. The molecule has 7 rings (SSSR count). The lowest BCUT2D eigenvalue weighted by molar-refractivity contribution is -0.0660. The van der Waals surface area contributed by atoms with Gasteiger partial charge in [-0.05, 0) is 49.4 Å². The largest absolute Gasteiger partial charge is 0.486 e. The van der Waals surface area contributed by atoms with Crippen LogP contribution in [-0.2, 0) is 11.8 Å². The molecule has 0 aliphatic carbocycles. The number of rotatable bonds is 8. The predicted molar refractivity (Wildman–Crippen MR) is 176 cm³/mol. The minimum Gasteiger partial charge on any atom is -0.486 e. The first-order valence-corrected chi connectivity index (χ1v) is 16.1. The third-order valence-corrected chi connectivity index (χ3v) is 9.36. The second-order valence-corrected chi connectivity index (χ2v) is 12.3. The van der Waals surface area contributed by atoms with Crippen LogP contribution in [0.15, 0.2) is 55.0 Å². The Morgan fingerprint density at radius 1 is 1.06 bits per heavy atom. The van der Waals surface area contributed by atoms with E-state index in [1.165, 1.54) is 23.1 Å². The monoisotopic (exact) mass is 652 g/mol. The van der Waals surface area contributed by atoms with E-state index in [4.69, 9.17) is 9.47 Å². The minimum absolute atomic E-state index is 0.107. The SMILES string of the molecule is Cc1ncc(C(=O)N2CCC(Oc3ccc(-c4ncnc(Nc5ccc(N6CCN(C7COC7)CC6)cc5)n4)cc3C#N)C(F)C2)n1C. The van der Waals surface area contributed by atoms with Gasteiger partial charge >= 0.3 is 0 Å². The number of anilines is 3. The van der Waals surface area contributed by atoms with Gasteiger partial charge in [0.15, 0.2) is 12.0 Å². The molecule has 2 unspecified atom stereocenters. The zero-order valence-corrected chi connectivity index (χ0v) is 26.9. The molecule has 0 bridgehead atoms. The minimum atomic E-state index is -1.42. The highest BCUT2D eigenvalue weighted by Gasteiger charge is 2.35. The lowest BCUT2D eigenvalue weighted by atomic mass is 10.0. The van der Waals surface area contributed by atoms with E-state index in [9.17, 15) is 10.1 Å². The van der Waals surface area contributed by atoms with Gasteiger partial charge in [0.05, 0.1) is 37.6 Å². The molecule has 0 saturated carbocycles. The number of halogens is 1. The van der Waals surface area contributed by atoms with Crippen molar-refractivity contribution in [2.75, 3.05) is 62.7 Å². The van der Waals surface area contributed by atoms with E-state index in [0.717, 1.165) is 45.1 Å². The summed E-state index contributed by atoms with van der Waals surface area (Å²) in [5.41, 5.74) is 3.25. The van der Waals surface area contributed by atoms with Gasteiger partial charge in [-0.25, -0.2) is 19.3 Å². The first-order chi connectivity index (χ1) is 23.4. The number of hydrogen-bond acceptors (Lipinski definition) is 11. The van der Waals surface area contributed by atoms with Crippen LogP contribution in [-0.4, -0.2) is 111 Å². The lowest BCUT2D eigenvalue weighted by Crippen LogP contribution is -2.56. The van der Waals surface area contributed by atoms with E-state index in [-0.39, 0.29) is 30.2 Å². The van der Waals surface area contributed by atoms with E-state index < -0.39 is 12.3 Å². The predicted octanol–water partition coefficient (Wildman–Crippen LogP) is 3.35. The number of carbonyl (C=O) groups excluding carboxylic acids is 1. The van der Waals surface area contributed by atoms with Gasteiger partial charge in [-0.15, -0.1) is 0 Å². The fourth-order valence-corrected chi connectivity index (χ4v) is 6.25. The molecule has 5 heterocycles. The van der Waals surface area contributed by atoms with E-state index in [0.29, 0.717) is 41.4 Å². The van der Waals surface area contributed by atoms with Crippen molar-refractivity contribution in [3.05, 3.63) is 72.1 Å². The van der Waals surface area contributed by atoms with Crippen molar-refractivity contribution in [3.63, 3.8) is 0 Å². The molecule has 1 N–H and O–H groups in total. The van der Waals surface area contributed by atoms with E-state index in [1.807, 2.05) is 12.1 Å². The fraction of sp³-hybridized carbons (Fsp3) is 0.412. The number of nitrogens with one attached hydrogen (secondary N) is 1. The average Bonchev–Trinajstić information content (AvgIpc) is 3.42. The number of amides is 1. The summed E-state index contributed by atoms with van der Waals surface area (Å²) in [4.78, 5) is 36.6. The molecule has 0 spiro atoms. The topological polar surface area (TPSA) is 138 Å². The Hall–Kier alpha value is -5.13. The zero-order chi connectivity index (χ0) is 33.2. The maximum absolute atomic E-state index is 15.3. The lowest BCUT2D eigenvalue weighted by Gasteiger charge is -2.43. The maximum atomic E-state index is 15.3. The standard InChI is InChI=1S/C34H37FN10O3/c1-22-37-17-29(42(22)2)33(46)45-10-9-31(28(35)18-45)48-30-8-3-23(15-24(30)16-36)32-38-21-39-34(41-32)40-25-4-6-26(7-5-25)43-11-13-44(14-12-43)27-19-47-20-27/h3-8,15,17,21,27-28,31H,9-14,18-20H2,1-2H3,(H,38,39,40,41). The number of nitrogens with zero attached hydrogens (tertiary/aromatic N) is 9. The molecule has 2 aromatic heterocycles. The smallest absolute Gasteiger partial charge is 0.272 e. The van der Waals surface area contributed by atoms with Gasteiger partial charge in [0.25, 0.3) is 5.91 Å². The normalized spacial score (nSPS) is 20.2. The molecule has 3 aliphatic heterocycles. The Bertz CT molecular complexity index is 1810. The van der Waals surface area contributed by atoms with Crippen LogP contribution in [0.25, 0.3) is 11.4 Å². The number of piperidine rings is 1. The Kier molecular flexibility index (Phi) is 8.88. The van der Waals surface area contributed by atoms with E-state index in [1.54, 1.807) is 36.7 Å². The molecule has 2 aromatic carbocycles. The number of alkyl halides is 1. The molecule has 1 amide bonds. The second-order valence-electron chi connectivity index (χ2n) is 12.3. The highest BCUT2D eigenvalue weighted by atomic mass is 19.1. The quantitative estimate of drug-likeness (QED) is 0.300. The van der Waals surface area contributed by atoms with Crippen molar-refractivity contribution >= 4 is 23.2 Å². The Balaban J connectivity index is 0.965. The molecule has 48 heavy (non-hydrogen) atoms. The van der Waals surface area contributed by atoms with Gasteiger partial charge in [0.2, 0.25) is 5.95 Å². The van der Waals surface area contributed by atoms with Crippen LogP contribution < -0.4 is 15.0 Å². The zero-order valence-electron chi connectivity index (χ0n) is 26.9. The summed E-state index contributed by atoms with van der Waals surface area (Å²) < 4.78 is 28.3. The van der Waals surface area contributed by atoms with Crippen molar-refractivity contribution in [2.24, 2.45) is 7.05 Å². The molecule has 14 heteroatoms. The first-order valence-electron chi connectivity index (χ1n) is 16.1. The Labute approximate surface area is 277 Å². The second kappa shape index (κ2) is 13.5. The average molecular weight is 653 g/mol. The van der Waals surface area contributed by atoms with Crippen molar-refractivity contribution in [1.29, 1.82) is 5.26 Å². The summed E-state index contributed by atoms with van der Waals surface area (Å²) in [6, 6.07) is 15.9. The number of imidazole rings is 1. The number of piperazine rings is 1. The molecule has 2 atom stereocenters. The molecule has 3 saturated heterocycles. The van der Waals surface area contributed by atoms with Crippen LogP contribution in [0.1, 0.15) is 28.3 Å². The summed E-state index contributed by atoms with van der Waals surface area (Å²) in [7, 11) is 1.76. The van der Waals surface area contributed by atoms with Crippen molar-refractivity contribution in [3.8, 4) is 23.2 Å². The van der Waals surface area contributed by atoms with Gasteiger partial charge in [0.1, 0.15) is 35.8 Å². The molecular weight excluding hydrogens is 615 g/mol. The molecule has 248 valence electrons. The summed E-state index contributed by atoms with van der Waals surface area (Å²) in [5.74, 6) is 1.44. The van der Waals surface area contributed by atoms with Gasteiger partial charge in [-0.2, -0.15) is 10.2 Å². The fourth-order valence-electron chi connectivity index (χ4n) is 6.25. The summed E-state index contributed by atoms with van der Waals surface area (Å²) in [6.07, 6.45) is 0.982. The summed E-state index contributed by atoms with van der Waals surface area (Å²) >= 11 is 0. The van der Waals surface area contributed by atoms with Crippen LogP contribution in [0.2, 0.25) is 0 Å². The van der Waals surface area contributed by atoms with Crippen LogP contribution in [0.4, 0.5) is 21.7 Å². The van der Waals surface area contributed by atoms with Gasteiger partial charge in [-0.3, -0.25) is 9.69 Å². The van der Waals surface area contributed by atoms with Gasteiger partial charge < -0.3 is 29.2 Å². The molecule has 0 radical (unpaired) electrons. The number of carbonyl (C=O) groups is 1. The summed E-state index contributed by atoms with van der Waals surface area (Å²) in [5, 5.41) is 13.1. The molecule has 3 fully saturated rings. The van der Waals surface area contributed by atoms with Crippen molar-refractivity contribution < 1.29 is 18.7 Å². The Morgan fingerprint density at radius 2 is 1.85 bits per heavy atom. The third-order valence-electron chi connectivity index (χ3n) is 9.36. The Morgan fingerprint density at radius 3 is 2.52 bits per heavy atom. The summed E-state index contributed by atoms with van der Waals surface area (Å²) in [6.45, 7) is 7.75. The van der Waals surface area contributed by atoms with Crippen LogP contribution >= 0.6 is 0 Å². The molecule has 13 nitrogen and oxygen atoms in total. The highest BCUT2D eigenvalue weighted by molar-refractivity contribution is 5.92. The number of nitriles is 1. The van der Waals surface area contributed by atoms with Gasteiger partial charge in [-0.1, -0.05) is 0 Å². The van der Waals surface area contributed by atoms with Crippen LogP contribution in [0.5, 0.6) is 5.75 Å². The number of ether oxygens (including phenoxy) is 2. The van der Waals surface area contributed by atoms with Crippen molar-refractivity contribution in [1.82, 2.24) is 34.3 Å². The van der Waals surface area contributed by atoms with Gasteiger partial charge in [0, 0.05) is 63.1 Å². The maximum Gasteiger partial charge on any atom is 0.272 e. The highest BCUT2D eigenvalue weighted by Crippen LogP contribution is 2.29. The van der Waals surface area contributed by atoms with Crippen LogP contribution in [0, 0.1) is 18.3 Å². The molecule has 4 aromatic rings. The number of hydrogen-bond donors (Lipinski definition) is 1.